The fourth-order valence-electron chi connectivity index (χ4n) is 2.09. The van der Waals surface area contributed by atoms with E-state index in [1.807, 2.05) is 0 Å². The van der Waals surface area contributed by atoms with Crippen LogP contribution in [0.15, 0.2) is 46.5 Å². The maximum Gasteiger partial charge on any atom is 0.573 e. The van der Waals surface area contributed by atoms with Gasteiger partial charge >= 0.3 is 11.4 Å². The summed E-state index contributed by atoms with van der Waals surface area (Å²) >= 11 is 0. The Morgan fingerprint density at radius 1 is 1.18 bits per heavy atom. The lowest BCUT2D eigenvalue weighted by Crippen LogP contribution is -2.17. The van der Waals surface area contributed by atoms with E-state index in [2.05, 4.69) is 20.0 Å². The van der Waals surface area contributed by atoms with Crippen molar-refractivity contribution in [1.82, 2.24) is 9.97 Å². The zero-order chi connectivity index (χ0) is 21.1. The third-order valence-electron chi connectivity index (χ3n) is 3.13. The molecule has 0 radical (unpaired) electrons. The molecule has 9 nitrogen and oxygen atoms in total. The predicted molar refractivity (Wildman–Crippen MR) is 90.5 cm³/mol. The monoisotopic (exact) mass is 418 g/mol. The van der Waals surface area contributed by atoms with E-state index < -0.39 is 36.8 Å². The summed E-state index contributed by atoms with van der Waals surface area (Å²) in [5.41, 5.74) is 1.10. The van der Waals surface area contributed by atoms with E-state index in [9.17, 15) is 31.7 Å². The molecule has 0 amide bonds. The van der Waals surface area contributed by atoms with Crippen molar-refractivity contribution in [3.05, 3.63) is 63.1 Å². The first-order valence-corrected chi connectivity index (χ1v) is 8.91. The van der Waals surface area contributed by atoms with Crippen molar-refractivity contribution in [3.8, 4) is 5.75 Å². The van der Waals surface area contributed by atoms with E-state index in [4.69, 9.17) is 0 Å². The van der Waals surface area contributed by atoms with Gasteiger partial charge in [0.05, 0.1) is 16.0 Å². The number of aryl methyl sites for hydroxylation is 2. The minimum absolute atomic E-state index is 0.0547. The zero-order valence-electron chi connectivity index (χ0n) is 14.4. The predicted octanol–water partition coefficient (Wildman–Crippen LogP) is 2.95. The van der Waals surface area contributed by atoms with Crippen LogP contribution in [0.25, 0.3) is 0 Å². The molecule has 0 fully saturated rings. The van der Waals surface area contributed by atoms with E-state index >= 15 is 0 Å². The van der Waals surface area contributed by atoms with E-state index in [1.54, 1.807) is 19.9 Å². The van der Waals surface area contributed by atoms with Gasteiger partial charge in [0.2, 0.25) is 5.95 Å². The van der Waals surface area contributed by atoms with Crippen LogP contribution < -0.4 is 10.1 Å². The Bertz CT molecular complexity index is 1000. The van der Waals surface area contributed by atoms with Crippen molar-refractivity contribution < 1.29 is 31.2 Å². The molecule has 13 heteroatoms. The molecular weight excluding hydrogens is 405 g/mol. The first kappa shape index (κ1) is 21.1. The number of alkyl halides is 3. The molecule has 0 spiro atoms. The first-order valence-electron chi connectivity index (χ1n) is 7.43. The maximum absolute atomic E-state index is 12.5. The van der Waals surface area contributed by atoms with Crippen LogP contribution >= 0.6 is 0 Å². The molecule has 1 heterocycles. The van der Waals surface area contributed by atoms with Crippen molar-refractivity contribution >= 4 is 15.8 Å². The second-order valence-electron chi connectivity index (χ2n) is 5.38. The molecule has 0 bridgehead atoms. The lowest BCUT2D eigenvalue weighted by Gasteiger charge is -2.09. The minimum Gasteiger partial charge on any atom is -0.406 e. The number of nitro groups is 1. The summed E-state index contributed by atoms with van der Waals surface area (Å²) in [4.78, 5) is 17.4. The van der Waals surface area contributed by atoms with Gasteiger partial charge in [-0.1, -0.05) is 0 Å². The Morgan fingerprint density at radius 3 is 2.18 bits per heavy atom. The summed E-state index contributed by atoms with van der Waals surface area (Å²) in [5.74, 6) is -0.721. The van der Waals surface area contributed by atoms with E-state index in [1.165, 1.54) is 0 Å². The Hall–Kier alpha value is -3.22. The smallest absolute Gasteiger partial charge is 0.406 e. The number of ether oxygens (including phenoxy) is 1. The lowest BCUT2D eigenvalue weighted by atomic mass is 10.3. The molecule has 2 aromatic rings. The molecule has 0 aliphatic rings. The number of sulfone groups is 1. The van der Waals surface area contributed by atoms with Crippen LogP contribution in [-0.2, 0) is 9.84 Å². The van der Waals surface area contributed by atoms with Gasteiger partial charge in [0.1, 0.15) is 5.75 Å². The third kappa shape index (κ3) is 5.39. The van der Waals surface area contributed by atoms with Gasteiger partial charge in [0, 0.05) is 11.4 Å². The summed E-state index contributed by atoms with van der Waals surface area (Å²) in [6.45, 7) is 3.30. The molecule has 1 N–H and O–H groups in total. The number of hydrogen-bond donors (Lipinski definition) is 1. The number of rotatable bonds is 6. The molecular formula is C15H13F3N4O5S. The van der Waals surface area contributed by atoms with Gasteiger partial charge < -0.3 is 10.1 Å². The molecule has 1 aromatic heterocycles. The normalized spacial score (nSPS) is 12.5. The van der Waals surface area contributed by atoms with Crippen LogP contribution in [0.3, 0.4) is 0 Å². The van der Waals surface area contributed by atoms with E-state index in [0.29, 0.717) is 17.6 Å². The second-order valence-corrected chi connectivity index (χ2v) is 7.28. The van der Waals surface area contributed by atoms with E-state index in [-0.39, 0.29) is 5.95 Å². The third-order valence-corrected chi connectivity index (χ3v) is 4.84. The maximum atomic E-state index is 12.5. The van der Waals surface area contributed by atoms with Crippen molar-refractivity contribution in [2.24, 2.45) is 0 Å². The van der Waals surface area contributed by atoms with Crippen LogP contribution in [0.2, 0.25) is 0 Å². The Labute approximate surface area is 157 Å². The van der Waals surface area contributed by atoms with Gasteiger partial charge in [-0.3, -0.25) is 10.1 Å². The summed E-state index contributed by atoms with van der Waals surface area (Å²) in [6.07, 6.45) is -4.36. The van der Waals surface area contributed by atoms with Gasteiger partial charge in [-0.05, 0) is 44.2 Å². The molecule has 0 aliphatic carbocycles. The summed E-state index contributed by atoms with van der Waals surface area (Å²) < 4.78 is 65.1. The van der Waals surface area contributed by atoms with Gasteiger partial charge in [0.15, 0.2) is 0 Å². The number of anilines is 1. The number of benzene rings is 1. The van der Waals surface area contributed by atoms with Crippen LogP contribution in [0.5, 0.6) is 5.75 Å². The molecule has 28 heavy (non-hydrogen) atoms. The van der Waals surface area contributed by atoms with Crippen molar-refractivity contribution in [2.75, 3.05) is 5.32 Å². The zero-order valence-corrected chi connectivity index (χ0v) is 15.2. The molecule has 0 unspecified atom stereocenters. The number of nitrogens with one attached hydrogen (secondary N) is 1. The SMILES string of the molecule is Cc1cc(C)nc(N/C=C(/[N+](=O)[O-])S(=O)(=O)c2ccc(OC(F)(F)F)cc2)n1. The van der Waals surface area contributed by atoms with E-state index in [0.717, 1.165) is 24.3 Å². The van der Waals surface area contributed by atoms with Crippen LogP contribution in [0, 0.1) is 24.0 Å². The van der Waals surface area contributed by atoms with Crippen molar-refractivity contribution in [2.45, 2.75) is 25.1 Å². The van der Waals surface area contributed by atoms with Crippen molar-refractivity contribution in [1.29, 1.82) is 0 Å². The molecule has 150 valence electrons. The first-order chi connectivity index (χ1) is 12.9. The van der Waals surface area contributed by atoms with Gasteiger partial charge in [-0.2, -0.15) is 0 Å². The lowest BCUT2D eigenvalue weighted by molar-refractivity contribution is -0.411. The molecule has 0 atom stereocenters. The highest BCUT2D eigenvalue weighted by atomic mass is 32.2. The summed E-state index contributed by atoms with van der Waals surface area (Å²) in [7, 11) is -4.64. The highest BCUT2D eigenvalue weighted by Gasteiger charge is 2.33. The Balaban J connectivity index is 2.34. The Kier molecular flexibility index (Phi) is 5.87. The summed E-state index contributed by atoms with van der Waals surface area (Å²) in [6, 6.07) is 4.64. The van der Waals surface area contributed by atoms with Gasteiger partial charge in [0.25, 0.3) is 9.84 Å². The number of aromatic nitrogens is 2. The van der Waals surface area contributed by atoms with Crippen LogP contribution in [-0.4, -0.2) is 29.7 Å². The van der Waals surface area contributed by atoms with Gasteiger partial charge in [-0.15, -0.1) is 13.2 Å². The van der Waals surface area contributed by atoms with Crippen LogP contribution in [0.1, 0.15) is 11.4 Å². The average Bonchev–Trinajstić information content (AvgIpc) is 2.52. The quantitative estimate of drug-likeness (QED) is 0.561. The highest BCUT2D eigenvalue weighted by molar-refractivity contribution is 7.95. The molecule has 0 saturated carbocycles. The fraction of sp³-hybridized carbons (Fsp3) is 0.200. The second kappa shape index (κ2) is 7.80. The molecule has 2 rings (SSSR count). The molecule has 0 aliphatic heterocycles. The minimum atomic E-state index is -4.96. The highest BCUT2D eigenvalue weighted by Crippen LogP contribution is 2.26. The Morgan fingerprint density at radius 2 is 1.71 bits per heavy atom. The largest absolute Gasteiger partial charge is 0.573 e. The average molecular weight is 418 g/mol. The topological polar surface area (TPSA) is 124 Å². The standard InChI is InChI=1S/C15H13F3N4O5S/c1-9-7-10(2)21-14(20-9)19-8-13(22(23)24)28(25,26)12-5-3-11(4-6-12)27-15(16,17)18/h3-8H,1-2H3,(H,19,20,21)/b13-8-. The molecule has 0 saturated heterocycles. The van der Waals surface area contributed by atoms with Gasteiger partial charge in [-0.25, -0.2) is 18.4 Å². The number of hydrogen-bond acceptors (Lipinski definition) is 8. The number of nitrogens with zero attached hydrogens (tertiary/aromatic N) is 3. The fourth-order valence-corrected chi connectivity index (χ4v) is 3.23. The summed E-state index contributed by atoms with van der Waals surface area (Å²) in [5, 5.41) is 12.3. The van der Waals surface area contributed by atoms with Crippen molar-refractivity contribution in [3.63, 3.8) is 0 Å². The molecule has 1 aromatic carbocycles. The van der Waals surface area contributed by atoms with Crippen LogP contribution in [0.4, 0.5) is 19.1 Å². The number of halogens is 3.